The molecule has 1 amide bonds. The molecule has 4 heteroatoms. The summed E-state index contributed by atoms with van der Waals surface area (Å²) in [6, 6.07) is 4.19. The normalized spacial score (nSPS) is 14.0. The summed E-state index contributed by atoms with van der Waals surface area (Å²) < 4.78 is 0. The van der Waals surface area contributed by atoms with Gasteiger partial charge in [-0.1, -0.05) is 6.92 Å². The number of rotatable bonds is 6. The van der Waals surface area contributed by atoms with Crippen LogP contribution in [0.25, 0.3) is 0 Å². The van der Waals surface area contributed by atoms with Gasteiger partial charge in [0, 0.05) is 31.9 Å². The van der Waals surface area contributed by atoms with E-state index in [0.29, 0.717) is 6.42 Å². The second-order valence-electron chi connectivity index (χ2n) is 4.62. The summed E-state index contributed by atoms with van der Waals surface area (Å²) in [5.74, 6) is 0.160. The van der Waals surface area contributed by atoms with Crippen molar-refractivity contribution in [1.82, 2.24) is 15.2 Å². The lowest BCUT2D eigenvalue weighted by Gasteiger charge is -2.26. The van der Waals surface area contributed by atoms with E-state index in [9.17, 15) is 4.79 Å². The standard InChI is InChI=1S/C14H23N3O/c1-5-16-11(2)10-14(18)17(4)12(3)13-6-8-15-9-7-13/h6-9,11-12,16H,5,10H2,1-4H3. The summed E-state index contributed by atoms with van der Waals surface area (Å²) in [7, 11) is 1.85. The highest BCUT2D eigenvalue weighted by Gasteiger charge is 2.18. The monoisotopic (exact) mass is 249 g/mol. The van der Waals surface area contributed by atoms with Crippen molar-refractivity contribution in [2.24, 2.45) is 0 Å². The van der Waals surface area contributed by atoms with Gasteiger partial charge >= 0.3 is 0 Å². The quantitative estimate of drug-likeness (QED) is 0.838. The first kappa shape index (κ1) is 14.6. The van der Waals surface area contributed by atoms with Crippen LogP contribution in [0.2, 0.25) is 0 Å². The van der Waals surface area contributed by atoms with E-state index in [4.69, 9.17) is 0 Å². The Kier molecular flexibility index (Phi) is 5.78. The lowest BCUT2D eigenvalue weighted by Crippen LogP contribution is -2.36. The molecule has 1 rings (SSSR count). The zero-order valence-corrected chi connectivity index (χ0v) is 11.7. The van der Waals surface area contributed by atoms with Gasteiger partial charge < -0.3 is 10.2 Å². The SMILES string of the molecule is CCNC(C)CC(=O)N(C)C(C)c1ccncc1. The summed E-state index contributed by atoms with van der Waals surface area (Å²) in [5, 5.41) is 3.25. The van der Waals surface area contributed by atoms with Crippen molar-refractivity contribution in [3.8, 4) is 0 Å². The molecule has 0 aliphatic rings. The summed E-state index contributed by atoms with van der Waals surface area (Å²) in [5.41, 5.74) is 1.11. The van der Waals surface area contributed by atoms with Gasteiger partial charge in [-0.25, -0.2) is 0 Å². The molecule has 2 atom stereocenters. The van der Waals surface area contributed by atoms with Gasteiger partial charge in [-0.3, -0.25) is 9.78 Å². The molecule has 1 heterocycles. The highest BCUT2D eigenvalue weighted by molar-refractivity contribution is 5.77. The second kappa shape index (κ2) is 7.11. The van der Waals surface area contributed by atoms with Crippen LogP contribution < -0.4 is 5.32 Å². The topological polar surface area (TPSA) is 45.2 Å². The molecule has 100 valence electrons. The highest BCUT2D eigenvalue weighted by Crippen LogP contribution is 2.18. The first-order valence-corrected chi connectivity index (χ1v) is 6.45. The van der Waals surface area contributed by atoms with Crippen LogP contribution >= 0.6 is 0 Å². The van der Waals surface area contributed by atoms with Gasteiger partial charge in [0.05, 0.1) is 6.04 Å². The minimum atomic E-state index is 0.0781. The minimum Gasteiger partial charge on any atom is -0.339 e. The maximum absolute atomic E-state index is 12.1. The molecule has 0 saturated carbocycles. The van der Waals surface area contributed by atoms with E-state index in [-0.39, 0.29) is 18.0 Å². The molecule has 0 radical (unpaired) electrons. The molecule has 2 unspecified atom stereocenters. The third kappa shape index (κ3) is 4.11. The number of carbonyl (C=O) groups excluding carboxylic acids is 1. The van der Waals surface area contributed by atoms with Gasteiger partial charge in [0.2, 0.25) is 5.91 Å². The number of nitrogens with zero attached hydrogens (tertiary/aromatic N) is 2. The number of carbonyl (C=O) groups is 1. The van der Waals surface area contributed by atoms with Crippen LogP contribution in [0.15, 0.2) is 24.5 Å². The molecule has 0 fully saturated rings. The van der Waals surface area contributed by atoms with E-state index in [1.54, 1.807) is 17.3 Å². The Morgan fingerprint density at radius 3 is 2.56 bits per heavy atom. The molecule has 0 bridgehead atoms. The van der Waals surface area contributed by atoms with Gasteiger partial charge in [-0.2, -0.15) is 0 Å². The Morgan fingerprint density at radius 1 is 1.39 bits per heavy atom. The largest absolute Gasteiger partial charge is 0.339 e. The highest BCUT2D eigenvalue weighted by atomic mass is 16.2. The van der Waals surface area contributed by atoms with E-state index >= 15 is 0 Å². The molecular weight excluding hydrogens is 226 g/mol. The fourth-order valence-electron chi connectivity index (χ4n) is 1.91. The van der Waals surface area contributed by atoms with Crippen molar-refractivity contribution >= 4 is 5.91 Å². The smallest absolute Gasteiger partial charge is 0.224 e. The Balaban J connectivity index is 2.58. The van der Waals surface area contributed by atoms with Crippen LogP contribution in [0.4, 0.5) is 0 Å². The van der Waals surface area contributed by atoms with Gasteiger partial charge in [0.1, 0.15) is 0 Å². The summed E-state index contributed by atoms with van der Waals surface area (Å²) >= 11 is 0. The second-order valence-corrected chi connectivity index (χ2v) is 4.62. The first-order chi connectivity index (χ1) is 8.56. The van der Waals surface area contributed by atoms with Crippen molar-refractivity contribution in [3.63, 3.8) is 0 Å². The van der Waals surface area contributed by atoms with Crippen LogP contribution in [0.1, 0.15) is 38.8 Å². The fraction of sp³-hybridized carbons (Fsp3) is 0.571. The van der Waals surface area contributed by atoms with Crippen molar-refractivity contribution in [3.05, 3.63) is 30.1 Å². The molecule has 4 nitrogen and oxygen atoms in total. The zero-order chi connectivity index (χ0) is 13.5. The van der Waals surface area contributed by atoms with Gasteiger partial charge in [0.15, 0.2) is 0 Å². The Morgan fingerprint density at radius 2 is 2.00 bits per heavy atom. The predicted molar refractivity (Wildman–Crippen MR) is 73.2 cm³/mol. The van der Waals surface area contributed by atoms with E-state index in [0.717, 1.165) is 12.1 Å². The number of amides is 1. The number of hydrogen-bond acceptors (Lipinski definition) is 3. The van der Waals surface area contributed by atoms with E-state index in [1.165, 1.54) is 0 Å². The van der Waals surface area contributed by atoms with Crippen molar-refractivity contribution in [2.75, 3.05) is 13.6 Å². The molecule has 0 aliphatic carbocycles. The molecule has 1 N–H and O–H groups in total. The number of aromatic nitrogens is 1. The molecule has 0 spiro atoms. The van der Waals surface area contributed by atoms with Crippen LogP contribution in [-0.2, 0) is 4.79 Å². The summed E-state index contributed by atoms with van der Waals surface area (Å²) in [4.78, 5) is 17.9. The molecular formula is C14H23N3O. The van der Waals surface area contributed by atoms with Gasteiger partial charge in [-0.15, -0.1) is 0 Å². The maximum atomic E-state index is 12.1. The van der Waals surface area contributed by atoms with Crippen LogP contribution in [0.3, 0.4) is 0 Å². The van der Waals surface area contributed by atoms with E-state index < -0.39 is 0 Å². The lowest BCUT2D eigenvalue weighted by molar-refractivity contribution is -0.132. The number of pyridine rings is 1. The van der Waals surface area contributed by atoms with Gasteiger partial charge in [0.25, 0.3) is 0 Å². The van der Waals surface area contributed by atoms with Crippen LogP contribution in [0, 0.1) is 0 Å². The van der Waals surface area contributed by atoms with Crippen molar-refractivity contribution < 1.29 is 4.79 Å². The molecule has 0 saturated heterocycles. The van der Waals surface area contributed by atoms with E-state index in [2.05, 4.69) is 10.3 Å². The zero-order valence-electron chi connectivity index (χ0n) is 11.7. The third-order valence-electron chi connectivity index (χ3n) is 3.20. The van der Waals surface area contributed by atoms with Crippen LogP contribution in [-0.4, -0.2) is 35.4 Å². The van der Waals surface area contributed by atoms with Crippen LogP contribution in [0.5, 0.6) is 0 Å². The lowest BCUT2D eigenvalue weighted by atomic mass is 10.1. The van der Waals surface area contributed by atoms with E-state index in [1.807, 2.05) is 40.0 Å². The third-order valence-corrected chi connectivity index (χ3v) is 3.20. The summed E-state index contributed by atoms with van der Waals surface area (Å²) in [6.45, 7) is 7.00. The molecule has 1 aromatic heterocycles. The average Bonchev–Trinajstić information content (AvgIpc) is 2.38. The van der Waals surface area contributed by atoms with Gasteiger partial charge in [-0.05, 0) is 38.1 Å². The predicted octanol–water partition coefficient (Wildman–Crippen LogP) is 1.99. The molecule has 0 aliphatic heterocycles. The molecule has 18 heavy (non-hydrogen) atoms. The fourth-order valence-corrected chi connectivity index (χ4v) is 1.91. The Hall–Kier alpha value is -1.42. The molecule has 1 aromatic rings. The number of nitrogens with one attached hydrogen (secondary N) is 1. The maximum Gasteiger partial charge on any atom is 0.224 e. The Bertz CT molecular complexity index is 367. The number of hydrogen-bond donors (Lipinski definition) is 1. The Labute approximate surface area is 109 Å². The first-order valence-electron chi connectivity index (χ1n) is 6.45. The summed E-state index contributed by atoms with van der Waals surface area (Å²) in [6.07, 6.45) is 4.04. The molecule has 0 aromatic carbocycles. The van der Waals surface area contributed by atoms with Crippen molar-refractivity contribution in [1.29, 1.82) is 0 Å². The van der Waals surface area contributed by atoms with Crippen molar-refractivity contribution in [2.45, 2.75) is 39.3 Å². The minimum absolute atomic E-state index is 0.0781. The average molecular weight is 249 g/mol.